The maximum absolute atomic E-state index is 12.6. The third-order valence-corrected chi connectivity index (χ3v) is 6.97. The third-order valence-electron chi connectivity index (χ3n) is 4.24. The lowest BCUT2D eigenvalue weighted by Gasteiger charge is -2.33. The molecule has 27 heavy (non-hydrogen) atoms. The minimum atomic E-state index is -3.59. The number of rotatable bonds is 4. The first-order valence-electron chi connectivity index (χ1n) is 8.25. The number of aromatic nitrogens is 1. The molecular formula is C17H18BrClN4O3S. The fourth-order valence-corrected chi connectivity index (χ4v) is 4.85. The highest BCUT2D eigenvalue weighted by Gasteiger charge is 2.30. The lowest BCUT2D eigenvalue weighted by Crippen LogP contribution is -2.52. The number of pyridine rings is 1. The van der Waals surface area contributed by atoms with Crippen molar-refractivity contribution < 1.29 is 13.2 Å². The quantitative estimate of drug-likeness (QED) is 0.740. The minimum Gasteiger partial charge on any atom is -0.334 e. The van der Waals surface area contributed by atoms with E-state index in [1.165, 1.54) is 22.8 Å². The topological polar surface area (TPSA) is 82.6 Å². The molecule has 144 valence electrons. The van der Waals surface area contributed by atoms with Crippen LogP contribution >= 0.6 is 27.5 Å². The number of carbonyl (C=O) groups excluding carboxylic acids is 1. The summed E-state index contributed by atoms with van der Waals surface area (Å²) in [5, 5.41) is 3.39. The lowest BCUT2D eigenvalue weighted by atomic mass is 10.2. The first-order chi connectivity index (χ1) is 12.9. The van der Waals surface area contributed by atoms with Gasteiger partial charge >= 0.3 is 6.03 Å². The minimum absolute atomic E-state index is 0.160. The molecule has 1 fully saturated rings. The van der Waals surface area contributed by atoms with Gasteiger partial charge in [0.15, 0.2) is 0 Å². The Morgan fingerprint density at radius 2 is 1.96 bits per heavy atom. The van der Waals surface area contributed by atoms with E-state index in [0.717, 1.165) is 10.0 Å². The summed E-state index contributed by atoms with van der Waals surface area (Å²) in [6, 6.07) is 8.33. The highest BCUT2D eigenvalue weighted by Crippen LogP contribution is 2.21. The van der Waals surface area contributed by atoms with Gasteiger partial charge in [-0.15, -0.1) is 0 Å². The van der Waals surface area contributed by atoms with Crippen LogP contribution in [-0.2, 0) is 16.6 Å². The second-order valence-corrected chi connectivity index (χ2v) is 9.24. The Labute approximate surface area is 171 Å². The van der Waals surface area contributed by atoms with E-state index in [4.69, 9.17) is 11.6 Å². The van der Waals surface area contributed by atoms with E-state index >= 15 is 0 Å². The number of amides is 2. The normalized spacial score (nSPS) is 15.6. The number of sulfonamides is 1. The first kappa shape index (κ1) is 20.1. The molecule has 10 heteroatoms. The van der Waals surface area contributed by atoms with Crippen LogP contribution in [0.15, 0.2) is 52.1 Å². The van der Waals surface area contributed by atoms with Gasteiger partial charge in [-0.25, -0.2) is 13.2 Å². The Balaban J connectivity index is 1.55. The van der Waals surface area contributed by atoms with Gasteiger partial charge in [-0.3, -0.25) is 4.98 Å². The van der Waals surface area contributed by atoms with Crippen LogP contribution in [-0.4, -0.2) is 54.8 Å². The van der Waals surface area contributed by atoms with Crippen LogP contribution in [0.5, 0.6) is 0 Å². The summed E-state index contributed by atoms with van der Waals surface area (Å²) in [5.74, 6) is 0. The van der Waals surface area contributed by atoms with Crippen LogP contribution in [0.4, 0.5) is 4.79 Å². The molecule has 0 atom stereocenters. The predicted octanol–water partition coefficient (Wildman–Crippen LogP) is 2.71. The number of hydrogen-bond donors (Lipinski definition) is 1. The van der Waals surface area contributed by atoms with E-state index in [0.29, 0.717) is 24.7 Å². The average molecular weight is 474 g/mol. The summed E-state index contributed by atoms with van der Waals surface area (Å²) in [7, 11) is -3.59. The van der Waals surface area contributed by atoms with Crippen LogP contribution in [0, 0.1) is 0 Å². The van der Waals surface area contributed by atoms with Gasteiger partial charge in [-0.05, 0) is 29.8 Å². The molecule has 0 aliphatic carbocycles. The molecular weight excluding hydrogens is 456 g/mol. The van der Waals surface area contributed by atoms with Crippen molar-refractivity contribution in [3.05, 3.63) is 57.8 Å². The number of nitrogens with one attached hydrogen (secondary N) is 1. The molecule has 2 heterocycles. The van der Waals surface area contributed by atoms with Crippen molar-refractivity contribution >= 4 is 43.6 Å². The van der Waals surface area contributed by atoms with Crippen molar-refractivity contribution in [1.82, 2.24) is 19.5 Å². The van der Waals surface area contributed by atoms with E-state index in [-0.39, 0.29) is 24.0 Å². The number of halogens is 2. The molecule has 3 rings (SSSR count). The standard InChI is InChI=1S/C17H18BrClN4O3S/c18-14-4-3-13(16(19)10-14)11-21-17(24)22-6-8-23(9-7-22)27(25,26)15-2-1-5-20-12-15/h1-5,10,12H,6-9,11H2,(H,21,24). The fraction of sp³-hybridized carbons (Fsp3) is 0.294. The maximum atomic E-state index is 12.6. The fourth-order valence-electron chi connectivity index (χ4n) is 2.73. The van der Waals surface area contributed by atoms with Crippen molar-refractivity contribution in [2.24, 2.45) is 0 Å². The number of hydrogen-bond acceptors (Lipinski definition) is 4. The SMILES string of the molecule is O=C(NCc1ccc(Br)cc1Cl)N1CCN(S(=O)(=O)c2cccnc2)CC1. The Hall–Kier alpha value is -1.68. The van der Waals surface area contributed by atoms with Crippen molar-refractivity contribution in [3.8, 4) is 0 Å². The molecule has 1 aromatic heterocycles. The van der Waals surface area contributed by atoms with Crippen LogP contribution in [0.2, 0.25) is 5.02 Å². The first-order valence-corrected chi connectivity index (χ1v) is 10.9. The van der Waals surface area contributed by atoms with Gasteiger partial charge in [0.2, 0.25) is 10.0 Å². The van der Waals surface area contributed by atoms with Gasteiger partial charge in [-0.2, -0.15) is 4.31 Å². The molecule has 0 saturated carbocycles. The largest absolute Gasteiger partial charge is 0.334 e. The Bertz CT molecular complexity index is 919. The van der Waals surface area contributed by atoms with Crippen LogP contribution in [0.25, 0.3) is 0 Å². The van der Waals surface area contributed by atoms with E-state index in [1.807, 2.05) is 12.1 Å². The number of urea groups is 1. The molecule has 1 N–H and O–H groups in total. The van der Waals surface area contributed by atoms with E-state index < -0.39 is 10.0 Å². The number of carbonyl (C=O) groups is 1. The van der Waals surface area contributed by atoms with E-state index in [9.17, 15) is 13.2 Å². The highest BCUT2D eigenvalue weighted by atomic mass is 79.9. The van der Waals surface area contributed by atoms with Gasteiger partial charge in [-0.1, -0.05) is 33.6 Å². The van der Waals surface area contributed by atoms with Gasteiger partial charge in [0, 0.05) is 54.6 Å². The Kier molecular flexibility index (Phi) is 6.36. The molecule has 0 unspecified atom stereocenters. The Morgan fingerprint density at radius 3 is 2.59 bits per heavy atom. The Morgan fingerprint density at radius 1 is 1.22 bits per heavy atom. The molecule has 2 amide bonds. The molecule has 7 nitrogen and oxygen atoms in total. The molecule has 1 saturated heterocycles. The van der Waals surface area contributed by atoms with Crippen LogP contribution < -0.4 is 5.32 Å². The van der Waals surface area contributed by atoms with Crippen molar-refractivity contribution in [2.45, 2.75) is 11.4 Å². The summed E-state index contributed by atoms with van der Waals surface area (Å²) in [6.07, 6.45) is 2.86. The molecule has 2 aromatic rings. The van der Waals surface area contributed by atoms with Crippen LogP contribution in [0.3, 0.4) is 0 Å². The summed E-state index contributed by atoms with van der Waals surface area (Å²) in [4.78, 5) is 18.0. The zero-order chi connectivity index (χ0) is 19.4. The van der Waals surface area contributed by atoms with E-state index in [2.05, 4.69) is 26.2 Å². The van der Waals surface area contributed by atoms with Gasteiger partial charge in [0.05, 0.1) is 0 Å². The third kappa shape index (κ3) is 4.78. The van der Waals surface area contributed by atoms with Crippen molar-refractivity contribution in [3.63, 3.8) is 0 Å². The molecule has 1 aliphatic heterocycles. The van der Waals surface area contributed by atoms with Gasteiger partial charge in [0.25, 0.3) is 0 Å². The summed E-state index contributed by atoms with van der Waals surface area (Å²) in [5.41, 5.74) is 0.811. The van der Waals surface area contributed by atoms with E-state index in [1.54, 1.807) is 17.0 Å². The maximum Gasteiger partial charge on any atom is 0.317 e. The zero-order valence-corrected chi connectivity index (χ0v) is 17.5. The molecule has 0 spiro atoms. The molecule has 1 aliphatic rings. The zero-order valence-electron chi connectivity index (χ0n) is 14.3. The van der Waals surface area contributed by atoms with Crippen molar-refractivity contribution in [1.29, 1.82) is 0 Å². The van der Waals surface area contributed by atoms with Crippen molar-refractivity contribution in [2.75, 3.05) is 26.2 Å². The van der Waals surface area contributed by atoms with Gasteiger partial charge < -0.3 is 10.2 Å². The second-order valence-electron chi connectivity index (χ2n) is 5.97. The molecule has 1 aromatic carbocycles. The molecule has 0 radical (unpaired) electrons. The number of benzene rings is 1. The second kappa shape index (κ2) is 8.55. The highest BCUT2D eigenvalue weighted by molar-refractivity contribution is 9.10. The smallest absolute Gasteiger partial charge is 0.317 e. The summed E-state index contributed by atoms with van der Waals surface area (Å²) >= 11 is 9.49. The lowest BCUT2D eigenvalue weighted by molar-refractivity contribution is 0.172. The number of nitrogens with zero attached hydrogens (tertiary/aromatic N) is 3. The summed E-state index contributed by atoms with van der Waals surface area (Å²) < 4.78 is 27.4. The molecule has 0 bridgehead atoms. The van der Waals surface area contributed by atoms with Crippen LogP contribution in [0.1, 0.15) is 5.56 Å². The van der Waals surface area contributed by atoms with Gasteiger partial charge in [0.1, 0.15) is 4.90 Å². The monoisotopic (exact) mass is 472 g/mol. The predicted molar refractivity (Wildman–Crippen MR) is 106 cm³/mol. The summed E-state index contributed by atoms with van der Waals surface area (Å²) in [6.45, 7) is 1.42. The average Bonchev–Trinajstić information content (AvgIpc) is 2.68. The number of piperazine rings is 1.